The van der Waals surface area contributed by atoms with Gasteiger partial charge < -0.3 is 10.1 Å². The van der Waals surface area contributed by atoms with Gasteiger partial charge in [-0.1, -0.05) is 31.4 Å². The molecule has 1 saturated carbocycles. The molecule has 1 aliphatic carbocycles. The highest BCUT2D eigenvalue weighted by atomic mass is 19.1. The largest absolute Gasteiger partial charge is 0.456 e. The zero-order chi connectivity index (χ0) is 20.2. The Hall–Kier alpha value is -2.55. The Morgan fingerprint density at radius 2 is 1.86 bits per heavy atom. The molecule has 1 fully saturated rings. The molecule has 0 atom stereocenters. The molecule has 0 amide bonds. The van der Waals surface area contributed by atoms with Gasteiger partial charge in [-0.25, -0.2) is 4.39 Å². The highest BCUT2D eigenvalue weighted by molar-refractivity contribution is 5.95. The van der Waals surface area contributed by atoms with Crippen molar-refractivity contribution in [1.29, 1.82) is 0 Å². The molecule has 2 aromatic rings. The van der Waals surface area contributed by atoms with E-state index < -0.39 is 0 Å². The number of nitrogens with one attached hydrogen (secondary N) is 1. The predicted octanol–water partition coefficient (Wildman–Crippen LogP) is 7.41. The number of allylic oxidation sites excluding steroid dienone is 1. The van der Waals surface area contributed by atoms with Crippen LogP contribution in [-0.4, -0.2) is 5.54 Å². The highest BCUT2D eigenvalue weighted by Crippen LogP contribution is 2.48. The van der Waals surface area contributed by atoms with Crippen LogP contribution in [0.1, 0.15) is 64.0 Å². The van der Waals surface area contributed by atoms with Gasteiger partial charge in [0.15, 0.2) is 0 Å². The Bertz CT molecular complexity index is 1040. The maximum atomic E-state index is 14.1. The number of halogens is 1. The third-order valence-corrected chi connectivity index (χ3v) is 6.77. The molecule has 0 spiro atoms. The van der Waals surface area contributed by atoms with Crippen LogP contribution in [0.5, 0.6) is 5.75 Å². The molecule has 5 rings (SSSR count). The van der Waals surface area contributed by atoms with E-state index in [2.05, 4.69) is 50.4 Å². The van der Waals surface area contributed by atoms with Crippen molar-refractivity contribution < 1.29 is 9.13 Å². The van der Waals surface area contributed by atoms with Gasteiger partial charge in [-0.05, 0) is 81.0 Å². The van der Waals surface area contributed by atoms with Crippen LogP contribution in [0.15, 0.2) is 42.0 Å². The summed E-state index contributed by atoms with van der Waals surface area (Å²) in [6.45, 7) is 6.56. The lowest BCUT2D eigenvalue weighted by molar-refractivity contribution is 0.411. The summed E-state index contributed by atoms with van der Waals surface area (Å²) in [7, 11) is 0. The van der Waals surface area contributed by atoms with Crippen LogP contribution in [0.2, 0.25) is 0 Å². The molecule has 0 unspecified atom stereocenters. The van der Waals surface area contributed by atoms with Crippen LogP contribution >= 0.6 is 0 Å². The summed E-state index contributed by atoms with van der Waals surface area (Å²) in [5.74, 6) is 1.98. The molecule has 0 radical (unpaired) electrons. The van der Waals surface area contributed by atoms with Gasteiger partial charge in [0.25, 0.3) is 0 Å². The fourth-order valence-electron chi connectivity index (χ4n) is 4.80. The van der Waals surface area contributed by atoms with Crippen LogP contribution in [-0.2, 0) is 0 Å². The van der Waals surface area contributed by atoms with Crippen molar-refractivity contribution in [2.24, 2.45) is 5.92 Å². The molecule has 150 valence electrons. The molecule has 29 heavy (non-hydrogen) atoms. The SMILES string of the molecule is CC1=Cc2c(ccc3c2/C(=C/C2CCCCC2)Oc2ccc(F)cc2-3)NC1(C)C. The van der Waals surface area contributed by atoms with E-state index in [9.17, 15) is 4.39 Å². The average molecular weight is 390 g/mol. The fraction of sp³-hybridized carbons (Fsp3) is 0.385. The van der Waals surface area contributed by atoms with Gasteiger partial charge in [0.05, 0.1) is 5.54 Å². The standard InChI is InChI=1S/C26H28FNO/c1-16-13-21-22(28-26(16,2)3)11-10-19-20-15-18(27)9-12-23(20)29-24(25(19)21)14-17-7-5-4-6-8-17/h9-15,17,28H,4-8H2,1-3H3/b24-14-. The highest BCUT2D eigenvalue weighted by Gasteiger charge is 2.31. The third kappa shape index (κ3) is 3.17. The van der Waals surface area contributed by atoms with Crippen molar-refractivity contribution in [3.05, 3.63) is 58.9 Å². The minimum absolute atomic E-state index is 0.0893. The molecule has 3 aliphatic rings. The normalized spacial score (nSPS) is 21.4. The molecule has 2 aromatic carbocycles. The molecular formula is C26H28FNO. The number of anilines is 1. The van der Waals surface area contributed by atoms with Crippen molar-refractivity contribution in [3.8, 4) is 16.9 Å². The second kappa shape index (κ2) is 6.76. The first-order valence-electron chi connectivity index (χ1n) is 10.8. The topological polar surface area (TPSA) is 21.3 Å². The van der Waals surface area contributed by atoms with Crippen molar-refractivity contribution in [1.82, 2.24) is 0 Å². The predicted molar refractivity (Wildman–Crippen MR) is 118 cm³/mol. The second-order valence-electron chi connectivity index (χ2n) is 9.20. The van der Waals surface area contributed by atoms with E-state index in [1.54, 1.807) is 12.1 Å². The van der Waals surface area contributed by atoms with Crippen molar-refractivity contribution in [3.63, 3.8) is 0 Å². The summed E-state index contributed by atoms with van der Waals surface area (Å²) in [5, 5.41) is 3.67. The molecule has 0 saturated heterocycles. The van der Waals surface area contributed by atoms with Gasteiger partial charge in [0.2, 0.25) is 0 Å². The van der Waals surface area contributed by atoms with Gasteiger partial charge >= 0.3 is 0 Å². The summed E-state index contributed by atoms with van der Waals surface area (Å²) in [6, 6.07) is 9.06. The maximum Gasteiger partial charge on any atom is 0.135 e. The van der Waals surface area contributed by atoms with E-state index in [-0.39, 0.29) is 11.4 Å². The van der Waals surface area contributed by atoms with E-state index in [1.165, 1.54) is 43.7 Å². The van der Waals surface area contributed by atoms with Gasteiger partial charge in [-0.3, -0.25) is 0 Å². The number of hydrogen-bond donors (Lipinski definition) is 1. The first-order valence-corrected chi connectivity index (χ1v) is 10.8. The van der Waals surface area contributed by atoms with Crippen LogP contribution in [0.4, 0.5) is 10.1 Å². The van der Waals surface area contributed by atoms with Gasteiger partial charge in [-0.15, -0.1) is 0 Å². The number of rotatable bonds is 1. The summed E-state index contributed by atoms with van der Waals surface area (Å²) < 4.78 is 20.5. The summed E-state index contributed by atoms with van der Waals surface area (Å²) >= 11 is 0. The van der Waals surface area contributed by atoms with Crippen molar-refractivity contribution in [2.45, 2.75) is 58.4 Å². The van der Waals surface area contributed by atoms with Gasteiger partial charge in [0, 0.05) is 22.4 Å². The number of ether oxygens (including phenoxy) is 1. The lowest BCUT2D eigenvalue weighted by Gasteiger charge is -2.36. The fourth-order valence-corrected chi connectivity index (χ4v) is 4.80. The van der Waals surface area contributed by atoms with Crippen LogP contribution < -0.4 is 10.1 Å². The lowest BCUT2D eigenvalue weighted by atomic mass is 9.82. The molecule has 3 heteroatoms. The van der Waals surface area contributed by atoms with E-state index in [1.807, 2.05) is 0 Å². The zero-order valence-corrected chi connectivity index (χ0v) is 17.4. The molecule has 1 N–H and O–H groups in total. The summed E-state index contributed by atoms with van der Waals surface area (Å²) in [4.78, 5) is 0. The van der Waals surface area contributed by atoms with Crippen molar-refractivity contribution >= 4 is 17.5 Å². The van der Waals surface area contributed by atoms with E-state index in [4.69, 9.17) is 4.74 Å². The molecule has 2 heterocycles. The summed E-state index contributed by atoms with van der Waals surface area (Å²) in [5.41, 5.74) is 6.42. The molecular weight excluding hydrogens is 361 g/mol. The average Bonchev–Trinajstić information content (AvgIpc) is 2.69. The lowest BCUT2D eigenvalue weighted by Crippen LogP contribution is -2.35. The Morgan fingerprint density at radius 3 is 2.66 bits per heavy atom. The van der Waals surface area contributed by atoms with E-state index in [0.29, 0.717) is 5.92 Å². The van der Waals surface area contributed by atoms with Crippen LogP contribution in [0.25, 0.3) is 23.0 Å². The van der Waals surface area contributed by atoms with E-state index >= 15 is 0 Å². The Labute approximate surface area is 172 Å². The second-order valence-corrected chi connectivity index (χ2v) is 9.20. The maximum absolute atomic E-state index is 14.1. The number of benzene rings is 2. The Kier molecular flexibility index (Phi) is 4.31. The van der Waals surface area contributed by atoms with Gasteiger partial charge in [0.1, 0.15) is 17.3 Å². The first kappa shape index (κ1) is 18.5. The van der Waals surface area contributed by atoms with Crippen molar-refractivity contribution in [2.75, 3.05) is 5.32 Å². The third-order valence-electron chi connectivity index (χ3n) is 6.77. The number of fused-ring (bicyclic) bond motifs is 5. The van der Waals surface area contributed by atoms with E-state index in [0.717, 1.165) is 39.4 Å². The Balaban J connectivity index is 1.73. The summed E-state index contributed by atoms with van der Waals surface area (Å²) in [6.07, 6.45) is 10.9. The quantitative estimate of drug-likeness (QED) is 0.548. The van der Waals surface area contributed by atoms with Crippen LogP contribution in [0.3, 0.4) is 0 Å². The molecule has 2 aliphatic heterocycles. The molecule has 0 bridgehead atoms. The minimum Gasteiger partial charge on any atom is -0.456 e. The zero-order valence-electron chi connectivity index (χ0n) is 17.4. The smallest absolute Gasteiger partial charge is 0.135 e. The number of hydrogen-bond acceptors (Lipinski definition) is 2. The minimum atomic E-state index is -0.235. The molecule has 2 nitrogen and oxygen atoms in total. The van der Waals surface area contributed by atoms with Gasteiger partial charge in [-0.2, -0.15) is 0 Å². The van der Waals surface area contributed by atoms with Crippen LogP contribution in [0, 0.1) is 11.7 Å². The monoisotopic (exact) mass is 389 g/mol. The molecule has 0 aromatic heterocycles. The Morgan fingerprint density at radius 1 is 1.07 bits per heavy atom. The first-order chi connectivity index (χ1) is 13.9.